The second-order valence-electron chi connectivity index (χ2n) is 5.30. The Balaban J connectivity index is 1.74. The first-order valence-electron chi connectivity index (χ1n) is 7.29. The Hall–Kier alpha value is -2.05. The fourth-order valence-corrected chi connectivity index (χ4v) is 3.62. The highest BCUT2D eigenvalue weighted by Gasteiger charge is 2.12. The fourth-order valence-electron chi connectivity index (χ4n) is 2.23. The minimum absolute atomic E-state index is 0.196. The number of halogens is 2. The van der Waals surface area contributed by atoms with Gasteiger partial charge in [0.15, 0.2) is 5.13 Å². The third-order valence-corrected chi connectivity index (χ3v) is 5.04. The Labute approximate surface area is 151 Å². The maximum atomic E-state index is 13.0. The Morgan fingerprint density at radius 2 is 2.00 bits per heavy atom. The zero-order valence-corrected chi connectivity index (χ0v) is 15.2. The summed E-state index contributed by atoms with van der Waals surface area (Å²) in [7, 11) is 0. The predicted molar refractivity (Wildman–Crippen MR) is 98.2 cm³/mol. The van der Waals surface area contributed by atoms with E-state index in [0.29, 0.717) is 17.1 Å². The summed E-state index contributed by atoms with van der Waals surface area (Å²) in [6.45, 7) is 1.91. The van der Waals surface area contributed by atoms with E-state index in [1.807, 2.05) is 19.1 Å². The minimum Gasteiger partial charge on any atom is -0.298 e. The van der Waals surface area contributed by atoms with Gasteiger partial charge in [-0.25, -0.2) is 9.37 Å². The van der Waals surface area contributed by atoms with Crippen LogP contribution in [0.4, 0.5) is 9.52 Å². The largest absolute Gasteiger partial charge is 0.298 e. The highest BCUT2D eigenvalue weighted by Crippen LogP contribution is 2.26. The fraction of sp³-hybridized carbons (Fsp3) is 0.111. The number of nitrogens with zero attached hydrogens (tertiary/aromatic N) is 1. The molecule has 0 radical (unpaired) electrons. The molecule has 0 bridgehead atoms. The van der Waals surface area contributed by atoms with Crippen LogP contribution in [0.2, 0.25) is 0 Å². The van der Waals surface area contributed by atoms with Gasteiger partial charge in [0.25, 0.3) is 5.91 Å². The van der Waals surface area contributed by atoms with E-state index in [2.05, 4.69) is 26.2 Å². The highest BCUT2D eigenvalue weighted by molar-refractivity contribution is 9.10. The van der Waals surface area contributed by atoms with Crippen molar-refractivity contribution in [3.8, 4) is 0 Å². The van der Waals surface area contributed by atoms with E-state index in [1.165, 1.54) is 23.5 Å². The Morgan fingerprint density at radius 3 is 2.71 bits per heavy atom. The van der Waals surface area contributed by atoms with Gasteiger partial charge in [-0.3, -0.25) is 10.1 Å². The van der Waals surface area contributed by atoms with Crippen molar-refractivity contribution in [2.45, 2.75) is 13.3 Å². The summed E-state index contributed by atoms with van der Waals surface area (Å²) in [5.41, 5.74) is 2.44. The summed E-state index contributed by atoms with van der Waals surface area (Å²) in [5.74, 6) is -0.444. The molecule has 0 spiro atoms. The van der Waals surface area contributed by atoms with E-state index in [1.54, 1.807) is 24.3 Å². The maximum Gasteiger partial charge on any atom is 0.257 e. The molecule has 1 heterocycles. The summed E-state index contributed by atoms with van der Waals surface area (Å²) < 4.78 is 13.8. The lowest BCUT2D eigenvalue weighted by Gasteiger charge is -2.02. The van der Waals surface area contributed by atoms with Gasteiger partial charge in [0.2, 0.25) is 0 Å². The zero-order valence-electron chi connectivity index (χ0n) is 12.8. The van der Waals surface area contributed by atoms with Crippen LogP contribution in [0.5, 0.6) is 0 Å². The molecule has 1 amide bonds. The second kappa shape index (κ2) is 7.23. The van der Waals surface area contributed by atoms with Crippen molar-refractivity contribution in [1.29, 1.82) is 0 Å². The number of hydrogen-bond donors (Lipinski definition) is 1. The van der Waals surface area contributed by atoms with Crippen LogP contribution < -0.4 is 5.32 Å². The molecule has 0 unspecified atom stereocenters. The van der Waals surface area contributed by atoms with Gasteiger partial charge in [0.1, 0.15) is 5.82 Å². The molecule has 0 aliphatic carbocycles. The molecule has 0 atom stereocenters. The van der Waals surface area contributed by atoms with Gasteiger partial charge in [-0.2, -0.15) is 0 Å². The van der Waals surface area contributed by atoms with E-state index in [0.717, 1.165) is 20.6 Å². The first-order valence-corrected chi connectivity index (χ1v) is 8.90. The number of amides is 1. The monoisotopic (exact) mass is 404 g/mol. The smallest absolute Gasteiger partial charge is 0.257 e. The summed E-state index contributed by atoms with van der Waals surface area (Å²) >= 11 is 4.79. The third-order valence-electron chi connectivity index (χ3n) is 3.48. The average molecular weight is 405 g/mol. The van der Waals surface area contributed by atoms with Crippen LogP contribution >= 0.6 is 27.3 Å². The Kier molecular flexibility index (Phi) is 5.06. The van der Waals surface area contributed by atoms with Crippen molar-refractivity contribution in [1.82, 2.24) is 4.98 Å². The summed E-state index contributed by atoms with van der Waals surface area (Å²) in [6.07, 6.45) is 0.663. The molecule has 0 aliphatic heterocycles. The van der Waals surface area contributed by atoms with E-state index >= 15 is 0 Å². The number of hydrogen-bond acceptors (Lipinski definition) is 3. The Bertz CT molecular complexity index is 877. The minimum atomic E-state index is -0.248. The van der Waals surface area contributed by atoms with Crippen LogP contribution in [0, 0.1) is 12.7 Å². The second-order valence-corrected chi connectivity index (χ2v) is 7.29. The summed E-state index contributed by atoms with van der Waals surface area (Å²) in [4.78, 5) is 17.7. The number of carbonyl (C=O) groups excluding carboxylic acids is 1. The lowest BCUT2D eigenvalue weighted by atomic mass is 10.1. The molecule has 2 aromatic carbocycles. The van der Waals surface area contributed by atoms with Crippen LogP contribution in [0.3, 0.4) is 0 Å². The van der Waals surface area contributed by atoms with Crippen molar-refractivity contribution >= 4 is 38.3 Å². The van der Waals surface area contributed by atoms with E-state index in [9.17, 15) is 9.18 Å². The van der Waals surface area contributed by atoms with E-state index in [-0.39, 0.29) is 11.7 Å². The normalized spacial score (nSPS) is 10.6. The molecule has 0 fully saturated rings. The zero-order chi connectivity index (χ0) is 17.1. The molecule has 0 aliphatic rings. The van der Waals surface area contributed by atoms with Crippen LogP contribution in [0.1, 0.15) is 26.5 Å². The maximum absolute atomic E-state index is 13.0. The number of rotatable bonds is 4. The highest BCUT2D eigenvalue weighted by atomic mass is 79.9. The molecule has 24 heavy (non-hydrogen) atoms. The Morgan fingerprint density at radius 1 is 1.25 bits per heavy atom. The van der Waals surface area contributed by atoms with Crippen molar-refractivity contribution in [2.24, 2.45) is 0 Å². The lowest BCUT2D eigenvalue weighted by Crippen LogP contribution is -2.11. The molecule has 3 aromatic rings. The van der Waals surface area contributed by atoms with Crippen molar-refractivity contribution in [3.05, 3.63) is 80.5 Å². The topological polar surface area (TPSA) is 42.0 Å². The number of carbonyl (C=O) groups is 1. The van der Waals surface area contributed by atoms with Crippen LogP contribution in [-0.2, 0) is 6.42 Å². The van der Waals surface area contributed by atoms with E-state index in [4.69, 9.17) is 0 Å². The van der Waals surface area contributed by atoms with Gasteiger partial charge >= 0.3 is 0 Å². The van der Waals surface area contributed by atoms with Crippen LogP contribution in [0.25, 0.3) is 0 Å². The van der Waals surface area contributed by atoms with Gasteiger partial charge in [0.05, 0.1) is 5.69 Å². The molecule has 1 aromatic heterocycles. The molecule has 3 rings (SSSR count). The molecular formula is C18H14BrFN2OS. The molecule has 122 valence electrons. The lowest BCUT2D eigenvalue weighted by molar-refractivity contribution is 0.102. The molecule has 6 heteroatoms. The number of anilines is 1. The van der Waals surface area contributed by atoms with Gasteiger partial charge in [-0.05, 0) is 42.8 Å². The number of thiazole rings is 1. The van der Waals surface area contributed by atoms with Crippen molar-refractivity contribution < 1.29 is 9.18 Å². The average Bonchev–Trinajstić information content (AvgIpc) is 2.89. The first-order chi connectivity index (χ1) is 11.5. The van der Waals surface area contributed by atoms with Gasteiger partial charge < -0.3 is 0 Å². The van der Waals surface area contributed by atoms with Gasteiger partial charge in [-0.1, -0.05) is 34.1 Å². The van der Waals surface area contributed by atoms with E-state index < -0.39 is 0 Å². The van der Waals surface area contributed by atoms with Crippen molar-refractivity contribution in [2.75, 3.05) is 5.32 Å². The standard InChI is InChI=1S/C18H14BrFN2OS/c1-11-16(9-12-5-7-15(20)8-6-12)24-18(21-11)22-17(23)13-3-2-4-14(19)10-13/h2-8,10H,9H2,1H3,(H,21,22,23). The SMILES string of the molecule is Cc1nc(NC(=O)c2cccc(Br)c2)sc1Cc1ccc(F)cc1. The first kappa shape index (κ1) is 16.8. The molecule has 3 nitrogen and oxygen atoms in total. The van der Waals surface area contributed by atoms with Gasteiger partial charge in [0, 0.05) is 21.3 Å². The summed E-state index contributed by atoms with van der Waals surface area (Å²) in [5, 5.41) is 3.39. The number of aryl methyl sites for hydroxylation is 1. The molecular weight excluding hydrogens is 391 g/mol. The van der Waals surface area contributed by atoms with Crippen LogP contribution in [-0.4, -0.2) is 10.9 Å². The molecule has 1 N–H and O–H groups in total. The third kappa shape index (κ3) is 4.07. The van der Waals surface area contributed by atoms with Gasteiger partial charge in [-0.15, -0.1) is 11.3 Å². The predicted octanol–water partition coefficient (Wildman–Crippen LogP) is 5.20. The number of aromatic nitrogens is 1. The molecule has 0 saturated carbocycles. The van der Waals surface area contributed by atoms with Crippen LogP contribution in [0.15, 0.2) is 53.0 Å². The molecule has 0 saturated heterocycles. The number of nitrogens with one attached hydrogen (secondary N) is 1. The summed E-state index contributed by atoms with van der Waals surface area (Å²) in [6, 6.07) is 13.6. The number of benzene rings is 2. The van der Waals surface area contributed by atoms with Crippen molar-refractivity contribution in [3.63, 3.8) is 0 Å². The quantitative estimate of drug-likeness (QED) is 0.649.